The molecule has 0 unspecified atom stereocenters. The van der Waals surface area contributed by atoms with Crippen molar-refractivity contribution in [3.8, 4) is 33.8 Å². The van der Waals surface area contributed by atoms with Crippen LogP contribution >= 0.6 is 0 Å². The van der Waals surface area contributed by atoms with Gasteiger partial charge in [-0.2, -0.15) is 0 Å². The maximum Gasteiger partial charge on any atom is 0.255 e. The van der Waals surface area contributed by atoms with Crippen molar-refractivity contribution in [2.75, 3.05) is 10.6 Å². The fourth-order valence-electron chi connectivity index (χ4n) is 8.00. The van der Waals surface area contributed by atoms with Crippen LogP contribution in [0.4, 0.5) is 11.4 Å². The van der Waals surface area contributed by atoms with Crippen molar-refractivity contribution in [3.05, 3.63) is 223 Å². The number of pyridine rings is 3. The van der Waals surface area contributed by atoms with E-state index in [-0.39, 0.29) is 28.9 Å². The van der Waals surface area contributed by atoms with E-state index in [9.17, 15) is 14.4 Å². The van der Waals surface area contributed by atoms with Gasteiger partial charge in [0.2, 0.25) is 0 Å². The highest BCUT2D eigenvalue weighted by Crippen LogP contribution is 2.30. The number of Topliss-reactive ketones (excluding diaryl/α,β-unsaturated/α-hetero) is 1. The van der Waals surface area contributed by atoms with Crippen LogP contribution in [0.5, 0.6) is 0 Å². The Morgan fingerprint density at radius 2 is 0.730 bits per heavy atom. The van der Waals surface area contributed by atoms with Crippen LogP contribution in [0, 0.1) is 0 Å². The fourth-order valence-corrected chi connectivity index (χ4v) is 8.00. The average molecular weight is 816 g/mol. The third kappa shape index (κ3) is 8.04. The largest absolute Gasteiger partial charge is 0.322 e. The number of anilines is 2. The Morgan fingerprint density at radius 3 is 1.13 bits per heavy atom. The monoisotopic (exact) mass is 815 g/mol. The second-order valence-corrected chi connectivity index (χ2v) is 15.3. The van der Waals surface area contributed by atoms with Gasteiger partial charge < -0.3 is 10.6 Å². The van der Waals surface area contributed by atoms with E-state index in [2.05, 4.69) is 31.7 Å². The summed E-state index contributed by atoms with van der Waals surface area (Å²) in [6.07, 6.45) is 5.42. The van der Waals surface area contributed by atoms with E-state index < -0.39 is 11.8 Å². The fraction of sp³-hybridized carbons (Fsp3) is 0.0182. The number of amides is 2. The Morgan fingerprint density at radius 1 is 0.381 bits per heavy atom. The van der Waals surface area contributed by atoms with Crippen molar-refractivity contribution in [1.29, 1.82) is 0 Å². The van der Waals surface area contributed by atoms with Crippen molar-refractivity contribution < 1.29 is 14.4 Å². The van der Waals surface area contributed by atoms with E-state index in [1.165, 1.54) is 6.07 Å². The van der Waals surface area contributed by atoms with Gasteiger partial charge in [0.15, 0.2) is 5.78 Å². The second-order valence-electron chi connectivity index (χ2n) is 15.3. The van der Waals surface area contributed by atoms with Gasteiger partial charge >= 0.3 is 0 Å². The molecule has 0 saturated heterocycles. The van der Waals surface area contributed by atoms with Crippen molar-refractivity contribution in [3.63, 3.8) is 0 Å². The molecule has 8 nitrogen and oxygen atoms in total. The Labute approximate surface area is 363 Å². The number of rotatable bonds is 10. The molecule has 0 saturated carbocycles. The molecular weight excluding hydrogens is 779 g/mol. The summed E-state index contributed by atoms with van der Waals surface area (Å²) in [5, 5.41) is 12.3. The van der Waals surface area contributed by atoms with Crippen LogP contribution in [-0.4, -0.2) is 32.5 Å². The summed E-state index contributed by atoms with van der Waals surface area (Å²) in [5.41, 5.74) is 7.73. The van der Waals surface area contributed by atoms with Gasteiger partial charge in [0.05, 0.1) is 17.1 Å². The van der Waals surface area contributed by atoms with E-state index >= 15 is 0 Å². The van der Waals surface area contributed by atoms with Gasteiger partial charge in [-0.25, -0.2) is 0 Å². The van der Waals surface area contributed by atoms with Crippen LogP contribution in [0.15, 0.2) is 201 Å². The van der Waals surface area contributed by atoms with E-state index in [4.69, 9.17) is 0 Å². The van der Waals surface area contributed by atoms with E-state index in [0.29, 0.717) is 11.4 Å². The summed E-state index contributed by atoms with van der Waals surface area (Å²) in [5.74, 6) is -1.17. The van der Waals surface area contributed by atoms with Gasteiger partial charge in [0.1, 0.15) is 0 Å². The van der Waals surface area contributed by atoms with Crippen LogP contribution in [-0.2, 0) is 6.42 Å². The molecular formula is C55H37N5O3. The lowest BCUT2D eigenvalue weighted by molar-refractivity contribution is 0.0993. The molecule has 63 heavy (non-hydrogen) atoms. The van der Waals surface area contributed by atoms with Crippen molar-refractivity contribution in [2.45, 2.75) is 6.42 Å². The Balaban J connectivity index is 0.919. The highest BCUT2D eigenvalue weighted by atomic mass is 16.2. The predicted octanol–water partition coefficient (Wildman–Crippen LogP) is 12.3. The van der Waals surface area contributed by atoms with Crippen LogP contribution in [0.25, 0.3) is 66.1 Å². The highest BCUT2D eigenvalue weighted by molar-refractivity contribution is 6.12. The molecule has 0 fully saturated rings. The summed E-state index contributed by atoms with van der Waals surface area (Å²) < 4.78 is 0. The SMILES string of the molecule is O=C(Cc1ccc(-c2nccc3ccccc23)cc1)c1cc(C(=O)Nc2ccc(-c3nccc4ccccc34)cc2)cc(C(=O)Nc2ccc(-c3nccc4ccccc34)cc2)c1. The molecule has 2 N–H and O–H groups in total. The van der Waals surface area contributed by atoms with Crippen LogP contribution in [0.2, 0.25) is 0 Å². The molecule has 0 bridgehead atoms. The first-order chi connectivity index (χ1) is 30.9. The van der Waals surface area contributed by atoms with E-state index in [1.807, 2.05) is 158 Å². The normalized spacial score (nSPS) is 11.1. The van der Waals surface area contributed by atoms with Gasteiger partial charge in [-0.05, 0) is 82.4 Å². The van der Waals surface area contributed by atoms with Gasteiger partial charge in [0.25, 0.3) is 11.8 Å². The number of fused-ring (bicyclic) bond motifs is 3. The minimum Gasteiger partial charge on any atom is -0.322 e. The molecule has 8 heteroatoms. The van der Waals surface area contributed by atoms with Crippen LogP contribution in [0.1, 0.15) is 36.6 Å². The molecule has 3 aromatic heterocycles. The first-order valence-corrected chi connectivity index (χ1v) is 20.6. The minimum absolute atomic E-state index is 0.0582. The van der Waals surface area contributed by atoms with Gasteiger partial charge in [-0.3, -0.25) is 29.3 Å². The lowest BCUT2D eigenvalue weighted by Crippen LogP contribution is -2.18. The average Bonchev–Trinajstić information content (AvgIpc) is 3.34. The number of hydrogen-bond acceptors (Lipinski definition) is 6. The predicted molar refractivity (Wildman–Crippen MR) is 252 cm³/mol. The molecule has 3 heterocycles. The summed E-state index contributed by atoms with van der Waals surface area (Å²) in [4.78, 5) is 55.9. The molecule has 0 aliphatic heterocycles. The maximum atomic E-state index is 14.1. The maximum absolute atomic E-state index is 14.1. The molecule has 2 amide bonds. The number of ketones is 1. The number of benzene rings is 7. The quantitative estimate of drug-likeness (QED) is 0.133. The third-order valence-electron chi connectivity index (χ3n) is 11.2. The minimum atomic E-state index is -0.464. The number of carbonyl (C=O) groups excluding carboxylic acids is 3. The summed E-state index contributed by atoms with van der Waals surface area (Å²) >= 11 is 0. The number of aromatic nitrogens is 3. The van der Waals surface area contributed by atoms with Gasteiger partial charge in [0, 0.05) is 85.9 Å². The summed E-state index contributed by atoms with van der Waals surface area (Å²) in [6, 6.07) is 57.4. The van der Waals surface area contributed by atoms with Gasteiger partial charge in [-0.15, -0.1) is 0 Å². The van der Waals surface area contributed by atoms with Crippen molar-refractivity contribution in [2.24, 2.45) is 0 Å². The summed E-state index contributed by atoms with van der Waals surface area (Å²) in [6.45, 7) is 0. The van der Waals surface area contributed by atoms with Crippen molar-refractivity contribution >= 4 is 61.3 Å². The molecule has 10 aromatic rings. The zero-order valence-electron chi connectivity index (χ0n) is 33.8. The molecule has 0 atom stereocenters. The topological polar surface area (TPSA) is 114 Å². The zero-order chi connectivity index (χ0) is 42.7. The lowest BCUT2D eigenvalue weighted by Gasteiger charge is -2.12. The highest BCUT2D eigenvalue weighted by Gasteiger charge is 2.19. The van der Waals surface area contributed by atoms with Crippen LogP contribution < -0.4 is 10.6 Å². The Kier molecular flexibility index (Phi) is 10.3. The Bertz CT molecular complexity index is 2980. The molecule has 10 rings (SSSR count). The third-order valence-corrected chi connectivity index (χ3v) is 11.2. The van der Waals surface area contributed by atoms with E-state index in [1.54, 1.807) is 30.7 Å². The molecule has 300 valence electrons. The second kappa shape index (κ2) is 16.8. The molecule has 7 aromatic carbocycles. The number of hydrogen-bond donors (Lipinski definition) is 2. The van der Waals surface area contributed by atoms with E-state index in [0.717, 1.165) is 71.7 Å². The zero-order valence-corrected chi connectivity index (χ0v) is 33.8. The van der Waals surface area contributed by atoms with Crippen molar-refractivity contribution in [1.82, 2.24) is 15.0 Å². The lowest BCUT2D eigenvalue weighted by atomic mass is 9.96. The Hall–Kier alpha value is -8.62. The smallest absolute Gasteiger partial charge is 0.255 e. The molecule has 0 aliphatic rings. The number of carbonyl (C=O) groups is 3. The molecule has 0 radical (unpaired) electrons. The summed E-state index contributed by atoms with van der Waals surface area (Å²) in [7, 11) is 0. The first-order valence-electron chi connectivity index (χ1n) is 20.6. The van der Waals surface area contributed by atoms with Crippen LogP contribution in [0.3, 0.4) is 0 Å². The molecule has 0 aliphatic carbocycles. The molecule has 0 spiro atoms. The van der Waals surface area contributed by atoms with Gasteiger partial charge in [-0.1, -0.05) is 121 Å². The standard InChI is InChI=1S/C55H37N5O3/c61-50(31-35-13-15-39(16-14-35)51-47-10-4-1-7-36(47)25-28-56-51)42-32-43(54(62)59-45-21-17-40(18-22-45)52-48-11-5-2-8-37(48)26-29-57-52)34-44(33-42)55(63)60-46-23-19-41(20-24-46)53-49-12-6-3-9-38(49)27-30-58-53/h1-30,32-34H,31H2,(H,59,62)(H,60,63). The number of nitrogens with one attached hydrogen (secondary N) is 2. The number of nitrogens with zero attached hydrogens (tertiary/aromatic N) is 3. The first kappa shape index (κ1) is 38.6.